The predicted molar refractivity (Wildman–Crippen MR) is 109 cm³/mol. The van der Waals surface area contributed by atoms with Crippen LogP contribution in [0.3, 0.4) is 0 Å². The van der Waals surface area contributed by atoms with E-state index in [9.17, 15) is 13.2 Å². The Morgan fingerprint density at radius 1 is 1.07 bits per heavy atom. The Bertz CT molecular complexity index is 989. The molecule has 0 aliphatic heterocycles. The Morgan fingerprint density at radius 2 is 1.86 bits per heavy atom. The summed E-state index contributed by atoms with van der Waals surface area (Å²) in [6.07, 6.45) is -3.55. The molecule has 148 valence electrons. The van der Waals surface area contributed by atoms with Gasteiger partial charge in [0, 0.05) is 22.0 Å². The second-order valence-electron chi connectivity index (χ2n) is 6.44. The molecule has 0 amide bonds. The molecule has 0 bridgehead atoms. The molecule has 8 heteroatoms. The van der Waals surface area contributed by atoms with E-state index < -0.39 is 11.7 Å². The summed E-state index contributed by atoms with van der Waals surface area (Å²) in [6, 6.07) is 9.24. The molecule has 0 radical (unpaired) electrons. The molecule has 0 saturated heterocycles. The van der Waals surface area contributed by atoms with Crippen LogP contribution in [0.15, 0.2) is 40.9 Å². The van der Waals surface area contributed by atoms with Crippen molar-refractivity contribution in [3.63, 3.8) is 0 Å². The topological polar surface area (TPSA) is 49.8 Å². The van der Waals surface area contributed by atoms with Crippen molar-refractivity contribution in [3.05, 3.63) is 52.0 Å². The van der Waals surface area contributed by atoms with E-state index in [0.717, 1.165) is 36.0 Å². The van der Waals surface area contributed by atoms with Crippen LogP contribution in [-0.4, -0.2) is 30.1 Å². The molecule has 4 nitrogen and oxygen atoms in total. The smallest absolute Gasteiger partial charge is 0.369 e. The molecule has 2 aromatic carbocycles. The van der Waals surface area contributed by atoms with Crippen LogP contribution in [0.25, 0.3) is 22.3 Å². The lowest BCUT2D eigenvalue weighted by Gasteiger charge is -2.14. The molecule has 1 aromatic heterocycles. The number of nitrogens with zero attached hydrogens (tertiary/aromatic N) is 2. The van der Waals surface area contributed by atoms with Crippen LogP contribution in [-0.2, 0) is 6.18 Å². The number of hydrogen-bond acceptors (Lipinski definition) is 4. The zero-order valence-electron chi connectivity index (χ0n) is 15.5. The third-order valence-electron chi connectivity index (χ3n) is 4.36. The molecule has 3 rings (SSSR count). The van der Waals surface area contributed by atoms with Gasteiger partial charge in [-0.25, -0.2) is 9.97 Å². The van der Waals surface area contributed by atoms with Gasteiger partial charge in [0.05, 0.1) is 11.1 Å². The van der Waals surface area contributed by atoms with Gasteiger partial charge in [-0.3, -0.25) is 0 Å². The Balaban J connectivity index is 2.13. The number of nitrogens with one attached hydrogen (secondary N) is 2. The lowest BCUT2D eigenvalue weighted by Crippen LogP contribution is -2.14. The summed E-state index contributed by atoms with van der Waals surface area (Å²) in [5.41, 5.74) is 1.22. The van der Waals surface area contributed by atoms with Gasteiger partial charge < -0.3 is 10.6 Å². The van der Waals surface area contributed by atoms with Crippen LogP contribution in [0.4, 0.5) is 19.0 Å². The van der Waals surface area contributed by atoms with Gasteiger partial charge in [-0.2, -0.15) is 13.2 Å². The van der Waals surface area contributed by atoms with Crippen LogP contribution >= 0.6 is 15.9 Å². The molecule has 1 heterocycles. The van der Waals surface area contributed by atoms with Gasteiger partial charge in [0.15, 0.2) is 5.82 Å². The van der Waals surface area contributed by atoms with Gasteiger partial charge in [-0.05, 0) is 56.8 Å². The van der Waals surface area contributed by atoms with Crippen molar-refractivity contribution in [1.82, 2.24) is 15.3 Å². The van der Waals surface area contributed by atoms with Crippen molar-refractivity contribution in [2.24, 2.45) is 0 Å². The normalized spacial score (nSPS) is 11.8. The van der Waals surface area contributed by atoms with Gasteiger partial charge in [0.2, 0.25) is 0 Å². The van der Waals surface area contributed by atoms with Crippen molar-refractivity contribution in [3.8, 4) is 11.4 Å². The first-order valence-electron chi connectivity index (χ1n) is 8.84. The highest BCUT2D eigenvalue weighted by Crippen LogP contribution is 2.36. The Morgan fingerprint density at radius 3 is 2.57 bits per heavy atom. The van der Waals surface area contributed by atoms with Crippen molar-refractivity contribution in [1.29, 1.82) is 0 Å². The highest BCUT2D eigenvalue weighted by Gasteiger charge is 2.31. The molecule has 0 fully saturated rings. The maximum Gasteiger partial charge on any atom is 0.416 e. The van der Waals surface area contributed by atoms with E-state index in [4.69, 9.17) is 0 Å². The molecule has 28 heavy (non-hydrogen) atoms. The van der Waals surface area contributed by atoms with E-state index in [1.54, 1.807) is 0 Å². The molecule has 3 aromatic rings. The highest BCUT2D eigenvalue weighted by molar-refractivity contribution is 9.10. The van der Waals surface area contributed by atoms with E-state index in [1.807, 2.05) is 32.2 Å². The Kier molecular flexibility index (Phi) is 6.20. The van der Waals surface area contributed by atoms with Gasteiger partial charge in [0.25, 0.3) is 0 Å². The number of aryl methyl sites for hydroxylation is 1. The third kappa shape index (κ3) is 4.44. The summed E-state index contributed by atoms with van der Waals surface area (Å²) in [5, 5.41) is 7.22. The second-order valence-corrected chi connectivity index (χ2v) is 7.30. The van der Waals surface area contributed by atoms with E-state index in [-0.39, 0.29) is 5.82 Å². The van der Waals surface area contributed by atoms with E-state index in [0.29, 0.717) is 27.9 Å². The fourth-order valence-corrected chi connectivity index (χ4v) is 3.32. The highest BCUT2D eigenvalue weighted by atomic mass is 79.9. The summed E-state index contributed by atoms with van der Waals surface area (Å²) in [4.78, 5) is 9.13. The fraction of sp³-hybridized carbons (Fsp3) is 0.300. The van der Waals surface area contributed by atoms with Crippen molar-refractivity contribution < 1.29 is 13.2 Å². The summed E-state index contributed by atoms with van der Waals surface area (Å²) in [6.45, 7) is 3.45. The molecule has 2 N–H and O–H groups in total. The SMILES string of the molecule is CNCCCNc1nc(-c2cc(C(F)(F)F)ccc2Br)nc2c(C)cccc12. The molecular weight excluding hydrogens is 433 g/mol. The van der Waals surface area contributed by atoms with Gasteiger partial charge in [0.1, 0.15) is 5.82 Å². The maximum atomic E-state index is 13.2. The average molecular weight is 453 g/mol. The van der Waals surface area contributed by atoms with E-state index in [2.05, 4.69) is 36.5 Å². The van der Waals surface area contributed by atoms with E-state index >= 15 is 0 Å². The lowest BCUT2D eigenvalue weighted by atomic mass is 10.1. The van der Waals surface area contributed by atoms with Crippen LogP contribution in [0.1, 0.15) is 17.5 Å². The maximum absolute atomic E-state index is 13.2. The summed E-state index contributed by atoms with van der Waals surface area (Å²) >= 11 is 3.34. The number of halogens is 4. The average Bonchev–Trinajstić information content (AvgIpc) is 2.65. The Labute approximate surface area is 169 Å². The number of hydrogen-bond donors (Lipinski definition) is 2. The second kappa shape index (κ2) is 8.45. The molecule has 0 atom stereocenters. The van der Waals surface area contributed by atoms with Crippen LogP contribution in [0.2, 0.25) is 0 Å². The van der Waals surface area contributed by atoms with Crippen molar-refractivity contribution >= 4 is 32.7 Å². The van der Waals surface area contributed by atoms with Crippen molar-refractivity contribution in [2.75, 3.05) is 25.5 Å². The number of benzene rings is 2. The summed E-state index contributed by atoms with van der Waals surface area (Å²) in [7, 11) is 1.88. The summed E-state index contributed by atoms with van der Waals surface area (Å²) in [5.74, 6) is 0.861. The fourth-order valence-electron chi connectivity index (χ4n) is 2.90. The minimum absolute atomic E-state index is 0.246. The van der Waals surface area contributed by atoms with Crippen LogP contribution < -0.4 is 10.6 Å². The molecule has 0 spiro atoms. The standard InChI is InChI=1S/C20H20BrF3N4/c1-12-5-3-6-14-17(12)27-19(28-18(14)26-10-4-9-25-2)15-11-13(20(22,23)24)7-8-16(15)21/h3,5-8,11,25H,4,9-10H2,1-2H3,(H,26,27,28). The third-order valence-corrected chi connectivity index (χ3v) is 5.05. The Hall–Kier alpha value is -2.19. The number of aromatic nitrogens is 2. The minimum atomic E-state index is -4.43. The quantitative estimate of drug-likeness (QED) is 0.491. The molecule has 0 aliphatic rings. The number of fused-ring (bicyclic) bond motifs is 1. The van der Waals surface area contributed by atoms with Gasteiger partial charge >= 0.3 is 6.18 Å². The van der Waals surface area contributed by atoms with Gasteiger partial charge in [-0.1, -0.05) is 28.1 Å². The molecule has 0 aliphatic carbocycles. The molecular formula is C20H20BrF3N4. The first-order chi connectivity index (χ1) is 13.3. The molecule has 0 unspecified atom stereocenters. The first-order valence-corrected chi connectivity index (χ1v) is 9.63. The number of alkyl halides is 3. The van der Waals surface area contributed by atoms with E-state index in [1.165, 1.54) is 6.07 Å². The van der Waals surface area contributed by atoms with Crippen molar-refractivity contribution in [2.45, 2.75) is 19.5 Å². The van der Waals surface area contributed by atoms with Gasteiger partial charge in [-0.15, -0.1) is 0 Å². The largest absolute Gasteiger partial charge is 0.416 e. The minimum Gasteiger partial charge on any atom is -0.369 e. The number of para-hydroxylation sites is 1. The van der Waals surface area contributed by atoms with Crippen LogP contribution in [0.5, 0.6) is 0 Å². The molecule has 0 saturated carbocycles. The zero-order chi connectivity index (χ0) is 20.3. The number of rotatable bonds is 6. The summed E-state index contributed by atoms with van der Waals surface area (Å²) < 4.78 is 40.0. The number of anilines is 1. The predicted octanol–water partition coefficient (Wildman–Crippen LogP) is 5.41. The lowest BCUT2D eigenvalue weighted by molar-refractivity contribution is -0.137. The zero-order valence-corrected chi connectivity index (χ0v) is 17.1. The monoisotopic (exact) mass is 452 g/mol. The van der Waals surface area contributed by atoms with Crippen LogP contribution in [0, 0.1) is 6.92 Å². The first kappa shape index (κ1) is 20.5.